The molecule has 1 amide bonds. The molecule has 1 N–H and O–H groups in total. The first-order chi connectivity index (χ1) is 12.3. The molecule has 0 unspecified atom stereocenters. The first-order valence-corrected chi connectivity index (χ1v) is 8.70. The molecule has 26 heavy (non-hydrogen) atoms. The highest BCUT2D eigenvalue weighted by Gasteiger charge is 2.52. The van der Waals surface area contributed by atoms with Gasteiger partial charge in [0.15, 0.2) is 5.15 Å². The molecule has 2 saturated heterocycles. The lowest BCUT2D eigenvalue weighted by atomic mass is 9.72. The van der Waals surface area contributed by atoms with Gasteiger partial charge in [0.2, 0.25) is 5.91 Å². The summed E-state index contributed by atoms with van der Waals surface area (Å²) >= 11 is 5.89. The summed E-state index contributed by atoms with van der Waals surface area (Å²) in [5.41, 5.74) is 1.34. The number of anilines is 3. The van der Waals surface area contributed by atoms with Crippen LogP contribution in [0.3, 0.4) is 0 Å². The van der Waals surface area contributed by atoms with Gasteiger partial charge in [0.1, 0.15) is 11.5 Å². The van der Waals surface area contributed by atoms with Gasteiger partial charge in [-0.1, -0.05) is 11.6 Å². The lowest BCUT2D eigenvalue weighted by Crippen LogP contribution is -2.72. The molecule has 136 valence electrons. The average Bonchev–Trinajstić information content (AvgIpc) is 2.50. The summed E-state index contributed by atoms with van der Waals surface area (Å²) in [5, 5.41) is 7.07. The first kappa shape index (κ1) is 16.8. The van der Waals surface area contributed by atoms with Crippen LogP contribution in [0.5, 0.6) is 0 Å². The Hall–Kier alpha value is -2.61. The number of carbonyl (C=O) groups excluding carboxylic acids is 1. The van der Waals surface area contributed by atoms with Crippen LogP contribution in [-0.2, 0) is 11.8 Å². The Balaban J connectivity index is 1.40. The van der Waals surface area contributed by atoms with Crippen molar-refractivity contribution in [2.24, 2.45) is 12.5 Å². The largest absolute Gasteiger partial charge is 0.369 e. The normalized spacial score (nSPS) is 17.7. The van der Waals surface area contributed by atoms with E-state index >= 15 is 0 Å². The van der Waals surface area contributed by atoms with E-state index in [1.807, 2.05) is 17.0 Å². The minimum atomic E-state index is -0.273. The number of amides is 1. The van der Waals surface area contributed by atoms with Crippen molar-refractivity contribution < 1.29 is 4.79 Å². The van der Waals surface area contributed by atoms with Gasteiger partial charge in [0, 0.05) is 51.6 Å². The summed E-state index contributed by atoms with van der Waals surface area (Å²) in [7, 11) is 1.54. The molecule has 0 saturated carbocycles. The minimum Gasteiger partial charge on any atom is -0.369 e. The van der Waals surface area contributed by atoms with Crippen LogP contribution in [-0.4, -0.2) is 51.8 Å². The fourth-order valence-electron chi connectivity index (χ4n) is 3.58. The second-order valence-corrected chi connectivity index (χ2v) is 7.45. The van der Waals surface area contributed by atoms with Gasteiger partial charge in [-0.15, -0.1) is 0 Å². The number of pyridine rings is 1. The third kappa shape index (κ3) is 2.90. The molecule has 2 aliphatic rings. The molecule has 0 aliphatic carbocycles. The lowest BCUT2D eigenvalue weighted by molar-refractivity contribution is -0.142. The van der Waals surface area contributed by atoms with Gasteiger partial charge in [-0.25, -0.2) is 9.67 Å². The average molecular weight is 375 g/mol. The van der Waals surface area contributed by atoms with E-state index in [0.29, 0.717) is 11.5 Å². The Morgan fingerprint density at radius 1 is 1.27 bits per heavy atom. The zero-order valence-electron chi connectivity index (χ0n) is 14.6. The van der Waals surface area contributed by atoms with E-state index in [4.69, 9.17) is 11.6 Å². The second-order valence-electron chi connectivity index (χ2n) is 7.07. The number of aryl methyl sites for hydroxylation is 1. The smallest absolute Gasteiger partial charge is 0.290 e. The van der Waals surface area contributed by atoms with Crippen LogP contribution in [0.4, 0.5) is 17.2 Å². The molecule has 8 nitrogen and oxygen atoms in total. The molecule has 9 heteroatoms. The third-order valence-corrected chi connectivity index (χ3v) is 5.14. The highest BCUT2D eigenvalue weighted by Crippen LogP contribution is 2.41. The van der Waals surface area contributed by atoms with Gasteiger partial charge in [-0.05, 0) is 12.1 Å². The SMILES string of the molecule is CC(=O)N1CC2(C1)CN(c1ccc(Nc3cc(Cl)nn(C)c3=O)nc1)C2. The summed E-state index contributed by atoms with van der Waals surface area (Å²) < 4.78 is 1.18. The van der Waals surface area contributed by atoms with Crippen molar-refractivity contribution in [3.8, 4) is 0 Å². The molecule has 4 heterocycles. The first-order valence-electron chi connectivity index (χ1n) is 8.33. The van der Waals surface area contributed by atoms with Crippen molar-refractivity contribution in [1.82, 2.24) is 19.7 Å². The topological polar surface area (TPSA) is 83.4 Å². The van der Waals surface area contributed by atoms with E-state index in [9.17, 15) is 9.59 Å². The lowest BCUT2D eigenvalue weighted by Gasteiger charge is -2.60. The quantitative estimate of drug-likeness (QED) is 0.870. The molecular formula is C17H19ClN6O2. The van der Waals surface area contributed by atoms with Gasteiger partial charge >= 0.3 is 0 Å². The Morgan fingerprint density at radius 2 is 2.00 bits per heavy atom. The Bertz CT molecular complexity index is 912. The van der Waals surface area contributed by atoms with Crippen LogP contribution in [0.15, 0.2) is 29.2 Å². The Kier molecular flexibility index (Phi) is 3.87. The summed E-state index contributed by atoms with van der Waals surface area (Å²) in [6.07, 6.45) is 1.78. The zero-order valence-corrected chi connectivity index (χ0v) is 15.3. The minimum absolute atomic E-state index is 0.147. The molecule has 2 aliphatic heterocycles. The van der Waals surface area contributed by atoms with E-state index in [1.54, 1.807) is 20.2 Å². The monoisotopic (exact) mass is 374 g/mol. The predicted octanol–water partition coefficient (Wildman–Crippen LogP) is 1.24. The van der Waals surface area contributed by atoms with Crippen LogP contribution in [0, 0.1) is 5.41 Å². The number of rotatable bonds is 3. The van der Waals surface area contributed by atoms with Gasteiger partial charge in [-0.2, -0.15) is 5.10 Å². The molecule has 4 rings (SSSR count). The standard InChI is InChI=1S/C17H19ClN6O2/c1-11(25)23-7-17(8-23)9-24(10-17)12-3-4-15(19-6-12)20-13-5-14(18)21-22(2)16(13)26/h3-6H,7-10H2,1-2H3,(H,19,20). The van der Waals surface area contributed by atoms with Crippen molar-refractivity contribution in [3.63, 3.8) is 0 Å². The number of hydrogen-bond donors (Lipinski definition) is 1. The fraction of sp³-hybridized carbons (Fsp3) is 0.412. The number of carbonyl (C=O) groups is 1. The van der Waals surface area contributed by atoms with Crippen LogP contribution in [0.2, 0.25) is 5.15 Å². The number of aromatic nitrogens is 3. The highest BCUT2D eigenvalue weighted by atomic mass is 35.5. The molecule has 2 aromatic heterocycles. The van der Waals surface area contributed by atoms with Crippen LogP contribution >= 0.6 is 11.6 Å². The Labute approximate surface area is 155 Å². The van der Waals surface area contributed by atoms with Gasteiger partial charge in [-0.3, -0.25) is 9.59 Å². The maximum atomic E-state index is 12.1. The van der Waals surface area contributed by atoms with Crippen LogP contribution in [0.1, 0.15) is 6.92 Å². The molecule has 0 radical (unpaired) electrons. The highest BCUT2D eigenvalue weighted by molar-refractivity contribution is 6.29. The van der Waals surface area contributed by atoms with E-state index in [2.05, 4.69) is 20.3 Å². The van der Waals surface area contributed by atoms with Crippen molar-refractivity contribution in [2.75, 3.05) is 36.4 Å². The summed E-state index contributed by atoms with van der Waals surface area (Å²) in [5.74, 6) is 0.711. The number of hydrogen-bond acceptors (Lipinski definition) is 6. The maximum absolute atomic E-state index is 12.1. The molecule has 2 fully saturated rings. The fourth-order valence-corrected chi connectivity index (χ4v) is 3.80. The van der Waals surface area contributed by atoms with Crippen LogP contribution in [0.25, 0.3) is 0 Å². The van der Waals surface area contributed by atoms with E-state index in [1.165, 1.54) is 10.7 Å². The van der Waals surface area contributed by atoms with Crippen molar-refractivity contribution in [2.45, 2.75) is 6.92 Å². The Morgan fingerprint density at radius 3 is 2.62 bits per heavy atom. The van der Waals surface area contributed by atoms with Gasteiger partial charge < -0.3 is 15.1 Å². The van der Waals surface area contributed by atoms with Crippen molar-refractivity contribution in [1.29, 1.82) is 0 Å². The molecule has 1 spiro atoms. The summed E-state index contributed by atoms with van der Waals surface area (Å²) in [6.45, 7) is 5.18. The van der Waals surface area contributed by atoms with Crippen molar-refractivity contribution in [3.05, 3.63) is 39.9 Å². The van der Waals surface area contributed by atoms with Crippen LogP contribution < -0.4 is 15.8 Å². The van der Waals surface area contributed by atoms with Gasteiger partial charge in [0.05, 0.1) is 11.9 Å². The van der Waals surface area contributed by atoms with E-state index < -0.39 is 0 Å². The van der Waals surface area contributed by atoms with Gasteiger partial charge in [0.25, 0.3) is 5.56 Å². The zero-order chi connectivity index (χ0) is 18.5. The molecular weight excluding hydrogens is 356 g/mol. The molecule has 0 bridgehead atoms. The summed E-state index contributed by atoms with van der Waals surface area (Å²) in [6, 6.07) is 5.28. The third-order valence-electron chi connectivity index (χ3n) is 4.96. The number of halogens is 1. The maximum Gasteiger partial charge on any atom is 0.290 e. The molecule has 0 aromatic carbocycles. The molecule has 2 aromatic rings. The predicted molar refractivity (Wildman–Crippen MR) is 98.9 cm³/mol. The summed E-state index contributed by atoms with van der Waals surface area (Å²) in [4.78, 5) is 31.9. The van der Waals surface area contributed by atoms with E-state index in [0.717, 1.165) is 31.9 Å². The number of likely N-dealkylation sites (tertiary alicyclic amines) is 1. The van der Waals surface area contributed by atoms with E-state index in [-0.39, 0.29) is 22.0 Å². The number of nitrogens with one attached hydrogen (secondary N) is 1. The second kappa shape index (κ2) is 5.98. The number of nitrogens with zero attached hydrogens (tertiary/aromatic N) is 5. The molecule has 0 atom stereocenters. The van der Waals surface area contributed by atoms with Crippen molar-refractivity contribution >= 4 is 34.7 Å².